The maximum absolute atomic E-state index is 14.3. The van der Waals surface area contributed by atoms with Crippen molar-refractivity contribution in [1.82, 2.24) is 24.3 Å². The van der Waals surface area contributed by atoms with Crippen LogP contribution >= 0.6 is 34.5 Å². The summed E-state index contributed by atoms with van der Waals surface area (Å²) >= 11 is 15.0. The van der Waals surface area contributed by atoms with Gasteiger partial charge in [-0.05, 0) is 30.0 Å². The second kappa shape index (κ2) is 12.0. The van der Waals surface area contributed by atoms with Crippen LogP contribution < -0.4 is 5.32 Å². The van der Waals surface area contributed by atoms with E-state index in [0.717, 1.165) is 49.2 Å². The molecule has 1 N–H and O–H groups in total. The molecule has 13 heteroatoms. The number of aromatic nitrogens is 5. The molecule has 5 heterocycles. The van der Waals surface area contributed by atoms with Gasteiger partial charge in [-0.1, -0.05) is 47.5 Å². The fraction of sp³-hybridized carbons (Fsp3) is 0.333. The minimum atomic E-state index is -1.04. The Labute approximate surface area is 260 Å². The monoisotopic (exact) mass is 640 g/mol. The molecule has 1 amide bonds. The third-order valence-corrected chi connectivity index (χ3v) is 9.14. The largest absolute Gasteiger partial charge is 0.353 e. The summed E-state index contributed by atoms with van der Waals surface area (Å²) in [5, 5.41) is 11.2. The number of aryl methyl sites for hydroxylation is 1. The fourth-order valence-corrected chi connectivity index (χ4v) is 6.73. The lowest BCUT2D eigenvalue weighted by molar-refractivity contribution is -0.180. The zero-order valence-electron chi connectivity index (χ0n) is 22.9. The van der Waals surface area contributed by atoms with Gasteiger partial charge in [0, 0.05) is 47.3 Å². The number of alkyl halides is 1. The lowest BCUT2D eigenvalue weighted by Crippen LogP contribution is -2.28. The van der Waals surface area contributed by atoms with Crippen LogP contribution in [0.3, 0.4) is 0 Å². The Morgan fingerprint density at radius 3 is 2.77 bits per heavy atom. The first-order chi connectivity index (χ1) is 20.9. The van der Waals surface area contributed by atoms with E-state index in [1.807, 2.05) is 18.2 Å². The van der Waals surface area contributed by atoms with Gasteiger partial charge in [0.1, 0.15) is 11.7 Å². The van der Waals surface area contributed by atoms with Gasteiger partial charge in [-0.15, -0.1) is 11.3 Å². The van der Waals surface area contributed by atoms with Crippen LogP contribution in [0, 0.1) is 0 Å². The van der Waals surface area contributed by atoms with Crippen molar-refractivity contribution in [3.63, 3.8) is 0 Å². The predicted molar refractivity (Wildman–Crippen MR) is 164 cm³/mol. The summed E-state index contributed by atoms with van der Waals surface area (Å²) in [7, 11) is 0. The van der Waals surface area contributed by atoms with Crippen molar-refractivity contribution in [3.05, 3.63) is 81.4 Å². The number of thiazole rings is 1. The predicted octanol–water partition coefficient (Wildman–Crippen LogP) is 6.48. The first-order valence-electron chi connectivity index (χ1n) is 14.0. The number of fused-ring (bicyclic) bond motifs is 2. The molecule has 2 aliphatic rings. The molecule has 2 aromatic carbocycles. The number of nitrogens with zero attached hydrogens (tertiary/aromatic N) is 5. The number of amides is 1. The number of ether oxygens (including phenoxy) is 2. The van der Waals surface area contributed by atoms with Crippen LogP contribution in [0.15, 0.2) is 54.4 Å². The second-order valence-corrected chi connectivity index (χ2v) is 12.3. The Bertz CT molecular complexity index is 1770. The third-order valence-electron chi connectivity index (χ3n) is 7.76. The first-order valence-corrected chi connectivity index (χ1v) is 15.7. The van der Waals surface area contributed by atoms with E-state index >= 15 is 0 Å². The van der Waals surface area contributed by atoms with Gasteiger partial charge in [0.15, 0.2) is 17.5 Å². The third kappa shape index (κ3) is 5.67. The molecule has 5 aromatic rings. The molecule has 0 spiro atoms. The van der Waals surface area contributed by atoms with Crippen molar-refractivity contribution in [1.29, 1.82) is 0 Å². The summed E-state index contributed by atoms with van der Waals surface area (Å²) in [5.41, 5.74) is 4.30. The molecule has 0 aliphatic carbocycles. The van der Waals surface area contributed by atoms with E-state index in [2.05, 4.69) is 27.4 Å². The quantitative estimate of drug-likeness (QED) is 0.209. The van der Waals surface area contributed by atoms with Gasteiger partial charge in [-0.25, -0.2) is 14.4 Å². The lowest BCUT2D eigenvalue weighted by Gasteiger charge is -2.23. The summed E-state index contributed by atoms with van der Waals surface area (Å²) in [6, 6.07) is 8.94. The summed E-state index contributed by atoms with van der Waals surface area (Å²) < 4.78 is 28.9. The molecule has 0 radical (unpaired) electrons. The fourth-order valence-electron chi connectivity index (χ4n) is 5.65. The Balaban J connectivity index is 1.21. The van der Waals surface area contributed by atoms with Crippen molar-refractivity contribution in [2.45, 2.75) is 50.7 Å². The highest BCUT2D eigenvalue weighted by molar-refractivity contribution is 7.13. The average molecular weight is 642 g/mol. The number of halogens is 3. The number of hydrogen-bond acceptors (Lipinski definition) is 7. The highest BCUT2D eigenvalue weighted by Gasteiger charge is 2.34. The van der Waals surface area contributed by atoms with Crippen LogP contribution in [0.25, 0.3) is 22.0 Å². The van der Waals surface area contributed by atoms with Gasteiger partial charge in [-0.3, -0.25) is 14.8 Å². The normalized spacial score (nSPS) is 17.8. The Kier molecular flexibility index (Phi) is 7.91. The molecular weight excluding hydrogens is 614 g/mol. The maximum atomic E-state index is 14.3. The van der Waals surface area contributed by atoms with Crippen molar-refractivity contribution in [2.24, 2.45) is 0 Å². The molecule has 1 unspecified atom stereocenters. The van der Waals surface area contributed by atoms with Crippen LogP contribution in [-0.2, 0) is 33.7 Å². The number of carbonyl (C=O) groups is 1. The molecule has 1 saturated heterocycles. The second-order valence-electron chi connectivity index (χ2n) is 10.6. The highest BCUT2D eigenvalue weighted by atomic mass is 35.5. The zero-order chi connectivity index (χ0) is 29.5. The standard InChI is InChI=1S/C30H27Cl2FN6O3S/c31-22-13-20(18-5-2-17(3-6-18)4-7-24-41-9-1-10-42-24)25(32)26-21(22)15-39(37-26)28(29(40)36-30-34-8-11-43-30)27-23-12-19(33)14-38(23)16-35-27/h2-3,5-6,8,11,13,15-16,19,24,28H,1,4,7,9-10,12,14H2,(H,34,36,40)/t19-,28?/m1/s1. The van der Waals surface area contributed by atoms with E-state index in [-0.39, 0.29) is 19.3 Å². The highest BCUT2D eigenvalue weighted by Crippen LogP contribution is 2.39. The van der Waals surface area contributed by atoms with Crippen LogP contribution in [0.4, 0.5) is 9.52 Å². The molecule has 0 bridgehead atoms. The van der Waals surface area contributed by atoms with Crippen LogP contribution in [-0.4, -0.2) is 55.9 Å². The van der Waals surface area contributed by atoms with E-state index in [0.29, 0.717) is 37.5 Å². The number of anilines is 1. The Morgan fingerprint density at radius 1 is 1.19 bits per heavy atom. The lowest BCUT2D eigenvalue weighted by atomic mass is 10.0. The van der Waals surface area contributed by atoms with Gasteiger partial charge in [0.05, 0.1) is 41.8 Å². The van der Waals surface area contributed by atoms with E-state index in [1.165, 1.54) is 16.0 Å². The number of benzene rings is 2. The minimum absolute atomic E-state index is 0.159. The Morgan fingerprint density at radius 2 is 2.00 bits per heavy atom. The van der Waals surface area contributed by atoms with Gasteiger partial charge in [0.25, 0.3) is 5.91 Å². The molecule has 43 heavy (non-hydrogen) atoms. The van der Waals surface area contributed by atoms with E-state index in [9.17, 15) is 9.18 Å². The van der Waals surface area contributed by atoms with Gasteiger partial charge in [0.2, 0.25) is 0 Å². The van der Waals surface area contributed by atoms with Gasteiger partial charge >= 0.3 is 0 Å². The minimum Gasteiger partial charge on any atom is -0.353 e. The number of nitrogens with one attached hydrogen (secondary N) is 1. The molecule has 2 aliphatic heterocycles. The summed E-state index contributed by atoms with van der Waals surface area (Å²) in [4.78, 5) is 22.4. The van der Waals surface area contributed by atoms with Crippen molar-refractivity contribution < 1.29 is 18.7 Å². The van der Waals surface area contributed by atoms with E-state index in [1.54, 1.807) is 28.7 Å². The molecule has 1 fully saturated rings. The van der Waals surface area contributed by atoms with Crippen molar-refractivity contribution in [2.75, 3.05) is 18.5 Å². The molecule has 7 rings (SSSR count). The average Bonchev–Trinajstić information content (AvgIpc) is 3.82. The van der Waals surface area contributed by atoms with E-state index < -0.39 is 18.1 Å². The number of rotatable bonds is 8. The van der Waals surface area contributed by atoms with Crippen LogP contribution in [0.2, 0.25) is 10.0 Å². The summed E-state index contributed by atoms with van der Waals surface area (Å²) in [6.45, 7) is 1.67. The summed E-state index contributed by atoms with van der Waals surface area (Å²) in [5.74, 6) is -0.404. The number of hydrogen-bond donors (Lipinski definition) is 1. The van der Waals surface area contributed by atoms with Gasteiger partial charge in [-0.2, -0.15) is 5.10 Å². The molecular formula is C30H27Cl2FN6O3S. The van der Waals surface area contributed by atoms with Gasteiger partial charge < -0.3 is 14.0 Å². The number of imidazole rings is 1. The molecule has 3 aromatic heterocycles. The first kappa shape index (κ1) is 28.4. The van der Waals surface area contributed by atoms with Crippen LogP contribution in [0.5, 0.6) is 0 Å². The topological polar surface area (TPSA) is 96.1 Å². The van der Waals surface area contributed by atoms with Crippen LogP contribution in [0.1, 0.15) is 35.8 Å². The molecule has 9 nitrogen and oxygen atoms in total. The molecule has 2 atom stereocenters. The SMILES string of the molecule is O=C(Nc1nccs1)C(c1ncn2c1C[C@@H](F)C2)n1cc2c(Cl)cc(-c3ccc(CCC4OCCCO4)cc3)c(Cl)c2n1. The molecule has 0 saturated carbocycles. The summed E-state index contributed by atoms with van der Waals surface area (Å²) in [6.07, 6.45) is 6.37. The van der Waals surface area contributed by atoms with E-state index in [4.69, 9.17) is 37.8 Å². The number of carbonyl (C=O) groups excluding carboxylic acids is 1. The zero-order valence-corrected chi connectivity index (χ0v) is 25.2. The molecule has 222 valence electrons. The smallest absolute Gasteiger partial charge is 0.257 e. The maximum Gasteiger partial charge on any atom is 0.257 e. The van der Waals surface area contributed by atoms with Crippen molar-refractivity contribution in [3.8, 4) is 11.1 Å². The van der Waals surface area contributed by atoms with Crippen molar-refractivity contribution >= 4 is 56.5 Å². The Hall–Kier alpha value is -3.35.